The zero-order valence-corrected chi connectivity index (χ0v) is 9.70. The van der Waals surface area contributed by atoms with Crippen LogP contribution in [0.15, 0.2) is 0 Å². The fourth-order valence-corrected chi connectivity index (χ4v) is 2.39. The lowest BCUT2D eigenvalue weighted by Gasteiger charge is -2.39. The van der Waals surface area contributed by atoms with E-state index in [1.54, 1.807) is 0 Å². The number of hydrogen-bond acceptors (Lipinski definition) is 3. The highest BCUT2D eigenvalue weighted by atomic mass is 16.6. The summed E-state index contributed by atoms with van der Waals surface area (Å²) in [7, 11) is 0. The SMILES string of the molecule is CCNC(=O)NC1CCC2OCCOC2C1. The number of amides is 2. The Morgan fingerprint density at radius 2 is 2.00 bits per heavy atom. The molecular weight excluding hydrogens is 208 g/mol. The van der Waals surface area contributed by atoms with E-state index in [2.05, 4.69) is 10.6 Å². The first-order chi connectivity index (χ1) is 7.79. The molecule has 0 aromatic rings. The molecule has 0 aromatic heterocycles. The van der Waals surface area contributed by atoms with E-state index in [0.29, 0.717) is 19.8 Å². The van der Waals surface area contributed by atoms with Crippen molar-refractivity contribution in [2.45, 2.75) is 44.4 Å². The van der Waals surface area contributed by atoms with Crippen LogP contribution in [0.3, 0.4) is 0 Å². The van der Waals surface area contributed by atoms with E-state index in [9.17, 15) is 4.79 Å². The van der Waals surface area contributed by atoms with Crippen molar-refractivity contribution in [2.24, 2.45) is 0 Å². The molecule has 92 valence electrons. The molecule has 2 rings (SSSR count). The first-order valence-corrected chi connectivity index (χ1v) is 6.07. The van der Waals surface area contributed by atoms with Crippen LogP contribution in [0, 0.1) is 0 Å². The quantitative estimate of drug-likeness (QED) is 0.729. The average molecular weight is 228 g/mol. The van der Waals surface area contributed by atoms with E-state index >= 15 is 0 Å². The molecule has 1 aliphatic carbocycles. The number of rotatable bonds is 2. The minimum absolute atomic E-state index is 0.0809. The molecule has 5 heteroatoms. The Hall–Kier alpha value is -0.810. The summed E-state index contributed by atoms with van der Waals surface area (Å²) in [5.74, 6) is 0. The smallest absolute Gasteiger partial charge is 0.314 e. The molecule has 3 unspecified atom stereocenters. The summed E-state index contributed by atoms with van der Waals surface area (Å²) >= 11 is 0. The van der Waals surface area contributed by atoms with Gasteiger partial charge in [0.05, 0.1) is 25.4 Å². The van der Waals surface area contributed by atoms with E-state index in [1.807, 2.05) is 6.92 Å². The van der Waals surface area contributed by atoms with E-state index < -0.39 is 0 Å². The minimum atomic E-state index is -0.0809. The minimum Gasteiger partial charge on any atom is -0.373 e. The van der Waals surface area contributed by atoms with Crippen molar-refractivity contribution in [3.63, 3.8) is 0 Å². The van der Waals surface area contributed by atoms with Crippen LogP contribution in [0.4, 0.5) is 4.79 Å². The number of hydrogen-bond donors (Lipinski definition) is 2. The summed E-state index contributed by atoms with van der Waals surface area (Å²) < 4.78 is 11.3. The highest BCUT2D eigenvalue weighted by Gasteiger charge is 2.34. The van der Waals surface area contributed by atoms with Gasteiger partial charge in [0.2, 0.25) is 0 Å². The summed E-state index contributed by atoms with van der Waals surface area (Å²) in [5.41, 5.74) is 0. The predicted octanol–water partition coefficient (Wildman–Crippen LogP) is 0.642. The fourth-order valence-electron chi connectivity index (χ4n) is 2.39. The molecule has 2 aliphatic rings. The van der Waals surface area contributed by atoms with E-state index in [-0.39, 0.29) is 24.3 Å². The molecule has 1 saturated carbocycles. The molecule has 2 fully saturated rings. The van der Waals surface area contributed by atoms with Crippen molar-refractivity contribution in [1.29, 1.82) is 0 Å². The molecule has 1 saturated heterocycles. The van der Waals surface area contributed by atoms with Crippen molar-refractivity contribution in [3.05, 3.63) is 0 Å². The molecule has 2 N–H and O–H groups in total. The summed E-state index contributed by atoms with van der Waals surface area (Å²) in [6, 6.07) is 0.136. The Labute approximate surface area is 95.9 Å². The molecule has 0 spiro atoms. The molecule has 2 amide bonds. The Balaban J connectivity index is 1.78. The lowest BCUT2D eigenvalue weighted by molar-refractivity contribution is -0.157. The summed E-state index contributed by atoms with van der Waals surface area (Å²) in [5, 5.41) is 5.71. The van der Waals surface area contributed by atoms with Gasteiger partial charge < -0.3 is 20.1 Å². The van der Waals surface area contributed by atoms with Crippen LogP contribution < -0.4 is 10.6 Å². The molecule has 0 bridgehead atoms. The second kappa shape index (κ2) is 5.50. The van der Waals surface area contributed by atoms with Gasteiger partial charge in [-0.2, -0.15) is 0 Å². The number of carbonyl (C=O) groups excluding carboxylic acids is 1. The fraction of sp³-hybridized carbons (Fsp3) is 0.909. The first kappa shape index (κ1) is 11.7. The maximum atomic E-state index is 11.4. The second-order valence-corrected chi connectivity index (χ2v) is 4.33. The topological polar surface area (TPSA) is 59.6 Å². The zero-order valence-electron chi connectivity index (χ0n) is 9.70. The Bertz CT molecular complexity index is 247. The number of ether oxygens (including phenoxy) is 2. The van der Waals surface area contributed by atoms with Gasteiger partial charge in [0, 0.05) is 12.6 Å². The van der Waals surface area contributed by atoms with Gasteiger partial charge in [0.25, 0.3) is 0 Å². The highest BCUT2D eigenvalue weighted by molar-refractivity contribution is 5.74. The molecule has 1 aliphatic heterocycles. The van der Waals surface area contributed by atoms with Crippen LogP contribution >= 0.6 is 0 Å². The molecule has 0 aromatic carbocycles. The largest absolute Gasteiger partial charge is 0.373 e. The number of fused-ring (bicyclic) bond motifs is 1. The summed E-state index contributed by atoms with van der Waals surface area (Å²) in [4.78, 5) is 11.4. The normalized spacial score (nSPS) is 33.9. The molecule has 1 heterocycles. The van der Waals surface area contributed by atoms with Gasteiger partial charge >= 0.3 is 6.03 Å². The standard InChI is InChI=1S/C11H20N2O3/c1-2-12-11(14)13-8-3-4-9-10(7-8)16-6-5-15-9/h8-10H,2-7H2,1H3,(H2,12,13,14). The van der Waals surface area contributed by atoms with Gasteiger partial charge in [0.15, 0.2) is 0 Å². The maximum absolute atomic E-state index is 11.4. The Kier molecular flexibility index (Phi) is 4.01. The zero-order chi connectivity index (χ0) is 11.4. The second-order valence-electron chi connectivity index (χ2n) is 4.33. The van der Waals surface area contributed by atoms with Gasteiger partial charge in [-0.15, -0.1) is 0 Å². The van der Waals surface area contributed by atoms with Gasteiger partial charge in [-0.05, 0) is 26.2 Å². The van der Waals surface area contributed by atoms with Crippen LogP contribution in [0.1, 0.15) is 26.2 Å². The third-order valence-electron chi connectivity index (χ3n) is 3.15. The molecular formula is C11H20N2O3. The molecule has 5 nitrogen and oxygen atoms in total. The van der Waals surface area contributed by atoms with Crippen molar-refractivity contribution >= 4 is 6.03 Å². The van der Waals surface area contributed by atoms with E-state index in [0.717, 1.165) is 19.3 Å². The van der Waals surface area contributed by atoms with Crippen LogP contribution in [0.5, 0.6) is 0 Å². The summed E-state index contributed by atoms with van der Waals surface area (Å²) in [6.07, 6.45) is 3.21. The van der Waals surface area contributed by atoms with Gasteiger partial charge in [-0.1, -0.05) is 0 Å². The van der Waals surface area contributed by atoms with Crippen molar-refractivity contribution in [3.8, 4) is 0 Å². The van der Waals surface area contributed by atoms with Crippen molar-refractivity contribution in [1.82, 2.24) is 10.6 Å². The summed E-state index contributed by atoms with van der Waals surface area (Å²) in [6.45, 7) is 3.95. The van der Waals surface area contributed by atoms with Crippen LogP contribution in [-0.2, 0) is 9.47 Å². The molecule has 3 atom stereocenters. The number of urea groups is 1. The number of nitrogens with one attached hydrogen (secondary N) is 2. The molecule has 16 heavy (non-hydrogen) atoms. The highest BCUT2D eigenvalue weighted by Crippen LogP contribution is 2.26. The average Bonchev–Trinajstić information content (AvgIpc) is 2.29. The lowest BCUT2D eigenvalue weighted by atomic mass is 9.90. The molecule has 0 radical (unpaired) electrons. The number of carbonyl (C=O) groups is 1. The monoisotopic (exact) mass is 228 g/mol. The van der Waals surface area contributed by atoms with Crippen LogP contribution in [0.2, 0.25) is 0 Å². The van der Waals surface area contributed by atoms with Crippen molar-refractivity contribution < 1.29 is 14.3 Å². The van der Waals surface area contributed by atoms with Crippen LogP contribution in [-0.4, -0.2) is 44.0 Å². The lowest BCUT2D eigenvalue weighted by Crippen LogP contribution is -2.51. The van der Waals surface area contributed by atoms with Crippen LogP contribution in [0.25, 0.3) is 0 Å². The van der Waals surface area contributed by atoms with Gasteiger partial charge in [0.1, 0.15) is 0 Å². The Morgan fingerprint density at radius 3 is 2.75 bits per heavy atom. The van der Waals surface area contributed by atoms with Gasteiger partial charge in [-0.25, -0.2) is 4.79 Å². The van der Waals surface area contributed by atoms with E-state index in [1.165, 1.54) is 0 Å². The third-order valence-corrected chi connectivity index (χ3v) is 3.15. The van der Waals surface area contributed by atoms with Gasteiger partial charge in [-0.3, -0.25) is 0 Å². The van der Waals surface area contributed by atoms with E-state index in [4.69, 9.17) is 9.47 Å². The Morgan fingerprint density at radius 1 is 1.25 bits per heavy atom. The maximum Gasteiger partial charge on any atom is 0.314 e. The predicted molar refractivity (Wildman–Crippen MR) is 59.3 cm³/mol. The van der Waals surface area contributed by atoms with Crippen molar-refractivity contribution in [2.75, 3.05) is 19.8 Å². The first-order valence-electron chi connectivity index (χ1n) is 6.07. The third kappa shape index (κ3) is 2.86.